The zero-order valence-electron chi connectivity index (χ0n) is 23.7. The Morgan fingerprint density at radius 3 is 2.61 bits per heavy atom. The second-order valence-corrected chi connectivity index (χ2v) is 13.3. The van der Waals surface area contributed by atoms with Crippen molar-refractivity contribution in [1.82, 2.24) is 9.80 Å². The lowest BCUT2D eigenvalue weighted by Crippen LogP contribution is -2.56. The number of amides is 2. The fourth-order valence-electron chi connectivity index (χ4n) is 6.90. The monoisotopic (exact) mass is 548 g/mol. The third kappa shape index (κ3) is 5.86. The van der Waals surface area contributed by atoms with Gasteiger partial charge < -0.3 is 19.6 Å². The molecule has 0 aliphatic carbocycles. The van der Waals surface area contributed by atoms with E-state index in [4.69, 9.17) is 9.84 Å². The van der Waals surface area contributed by atoms with E-state index >= 15 is 0 Å². The van der Waals surface area contributed by atoms with Crippen LogP contribution < -0.4 is 0 Å². The molecular weight excluding hydrogens is 500 g/mol. The first-order valence-electron chi connectivity index (χ1n) is 14.5. The minimum atomic E-state index is -0.621. The lowest BCUT2D eigenvalue weighted by atomic mass is 9.66. The number of likely N-dealkylation sites (tertiary alicyclic amines) is 1. The number of unbranched alkanes of at least 4 members (excludes halogenated alkanes) is 4. The minimum absolute atomic E-state index is 0.0196. The highest BCUT2D eigenvalue weighted by atomic mass is 32.2. The molecular formula is C30H48N2O5S. The molecule has 3 rings (SSSR count). The van der Waals surface area contributed by atoms with Gasteiger partial charge in [0.1, 0.15) is 6.04 Å². The summed E-state index contributed by atoms with van der Waals surface area (Å²) in [5.74, 6) is -1.49. The van der Waals surface area contributed by atoms with E-state index in [0.29, 0.717) is 26.1 Å². The van der Waals surface area contributed by atoms with Crippen LogP contribution >= 0.6 is 11.8 Å². The number of ether oxygens (including phenoxy) is 1. The number of allylic oxidation sites excluding steroid dienone is 1. The van der Waals surface area contributed by atoms with Crippen molar-refractivity contribution in [3.63, 3.8) is 0 Å². The summed E-state index contributed by atoms with van der Waals surface area (Å²) in [6, 6.07) is -0.560. The number of rotatable bonds is 17. The number of hydrogen-bond donors (Lipinski definition) is 1. The Bertz CT molecular complexity index is 881. The number of aliphatic hydroxyl groups excluding tert-OH is 1. The second kappa shape index (κ2) is 13.5. The van der Waals surface area contributed by atoms with Crippen molar-refractivity contribution >= 4 is 29.5 Å². The molecule has 3 aliphatic heterocycles. The maximum absolute atomic E-state index is 14.4. The molecule has 1 spiro atoms. The average molecular weight is 549 g/mol. The molecule has 0 aromatic carbocycles. The Labute approximate surface area is 233 Å². The Balaban J connectivity index is 1.94. The van der Waals surface area contributed by atoms with Crippen molar-refractivity contribution in [2.75, 3.05) is 26.3 Å². The Kier molecular flexibility index (Phi) is 10.9. The van der Waals surface area contributed by atoms with Gasteiger partial charge in [0, 0.05) is 30.5 Å². The number of nitrogens with zero attached hydrogens (tertiary/aromatic N) is 2. The molecule has 2 amide bonds. The van der Waals surface area contributed by atoms with Crippen LogP contribution in [-0.2, 0) is 19.1 Å². The molecule has 7 nitrogen and oxygen atoms in total. The summed E-state index contributed by atoms with van der Waals surface area (Å²) in [5.41, 5.74) is 0. The van der Waals surface area contributed by atoms with Crippen molar-refractivity contribution in [1.29, 1.82) is 0 Å². The van der Waals surface area contributed by atoms with E-state index < -0.39 is 27.4 Å². The second-order valence-electron chi connectivity index (χ2n) is 11.4. The number of thioether (sulfide) groups is 1. The largest absolute Gasteiger partial charge is 0.465 e. The number of aliphatic hydroxyl groups is 1. The minimum Gasteiger partial charge on any atom is -0.465 e. The van der Waals surface area contributed by atoms with Gasteiger partial charge >= 0.3 is 5.97 Å². The van der Waals surface area contributed by atoms with Gasteiger partial charge in [0.2, 0.25) is 11.8 Å². The average Bonchev–Trinajstić information content (AvgIpc) is 3.45. The maximum atomic E-state index is 14.4. The molecule has 1 N–H and O–H groups in total. The van der Waals surface area contributed by atoms with E-state index in [1.165, 1.54) is 0 Å². The van der Waals surface area contributed by atoms with Crippen LogP contribution in [0.2, 0.25) is 0 Å². The molecule has 8 heteroatoms. The molecule has 3 aliphatic rings. The molecule has 38 heavy (non-hydrogen) atoms. The van der Waals surface area contributed by atoms with E-state index in [-0.39, 0.29) is 30.4 Å². The van der Waals surface area contributed by atoms with Crippen molar-refractivity contribution in [2.24, 2.45) is 11.8 Å². The number of hydrogen-bond acceptors (Lipinski definition) is 6. The number of carbonyl (C=O) groups is 3. The summed E-state index contributed by atoms with van der Waals surface area (Å²) in [4.78, 5) is 45.7. The molecule has 2 bridgehead atoms. The number of esters is 1. The lowest BCUT2D eigenvalue weighted by molar-refractivity contribution is -0.155. The van der Waals surface area contributed by atoms with Crippen LogP contribution in [0, 0.1) is 11.8 Å². The summed E-state index contributed by atoms with van der Waals surface area (Å²) in [7, 11) is 0. The van der Waals surface area contributed by atoms with Gasteiger partial charge in [-0.25, -0.2) is 0 Å². The Morgan fingerprint density at radius 2 is 1.95 bits per heavy atom. The SMILES string of the molecule is C=CCCCOC(=O)[C@H]1[C@H]2C(=O)N(CCCCCCO)C(C(=O)N(CC=C)C(C)CCC)C23CC[C@]1(C)S3. The van der Waals surface area contributed by atoms with Gasteiger partial charge in [0.25, 0.3) is 0 Å². The molecule has 0 aromatic heterocycles. The quantitative estimate of drug-likeness (QED) is 0.161. The van der Waals surface area contributed by atoms with E-state index in [0.717, 1.165) is 57.8 Å². The van der Waals surface area contributed by atoms with Crippen LogP contribution in [0.5, 0.6) is 0 Å². The molecule has 0 radical (unpaired) electrons. The molecule has 3 heterocycles. The maximum Gasteiger partial charge on any atom is 0.311 e. The highest BCUT2D eigenvalue weighted by Crippen LogP contribution is 2.71. The molecule has 3 fully saturated rings. The first kappa shape index (κ1) is 30.7. The van der Waals surface area contributed by atoms with E-state index in [1.807, 2.05) is 4.90 Å². The van der Waals surface area contributed by atoms with Gasteiger partial charge in [-0.2, -0.15) is 0 Å². The topological polar surface area (TPSA) is 87.1 Å². The smallest absolute Gasteiger partial charge is 0.311 e. The molecule has 6 atom stereocenters. The fourth-order valence-corrected chi connectivity index (χ4v) is 9.24. The van der Waals surface area contributed by atoms with E-state index in [2.05, 4.69) is 33.9 Å². The van der Waals surface area contributed by atoms with Crippen molar-refractivity contribution in [3.8, 4) is 0 Å². The third-order valence-electron chi connectivity index (χ3n) is 8.72. The Morgan fingerprint density at radius 1 is 1.21 bits per heavy atom. The molecule has 0 aromatic rings. The van der Waals surface area contributed by atoms with Crippen molar-refractivity contribution in [2.45, 2.75) is 107 Å². The summed E-state index contributed by atoms with van der Waals surface area (Å²) in [6.45, 7) is 15.3. The zero-order valence-corrected chi connectivity index (χ0v) is 24.5. The third-order valence-corrected chi connectivity index (χ3v) is 10.7. The molecule has 3 unspecified atom stereocenters. The predicted molar refractivity (Wildman–Crippen MR) is 153 cm³/mol. The standard InChI is InChI=1S/C30H48N2O5S/c1-6-9-14-21-37-28(36)24-23-26(34)32(19-12-10-11-13-20-33)25(30(23)17-16-29(24,5)38-30)27(35)31(18-8-3)22(4)15-7-2/h6,8,22-25,33H,1,3,7,9-21H2,2,4-5H3/t22?,23-,24+,25?,29-,30?/m0/s1. The van der Waals surface area contributed by atoms with Gasteiger partial charge in [-0.3, -0.25) is 14.4 Å². The van der Waals surface area contributed by atoms with Gasteiger partial charge in [0.05, 0.1) is 23.2 Å². The molecule has 0 saturated carbocycles. The Hall–Kier alpha value is -1.80. The van der Waals surface area contributed by atoms with Gasteiger partial charge in [-0.1, -0.05) is 38.3 Å². The van der Waals surface area contributed by atoms with Gasteiger partial charge in [-0.05, 0) is 58.8 Å². The number of fused-ring (bicyclic) bond motifs is 1. The summed E-state index contributed by atoms with van der Waals surface area (Å²) in [6.07, 6.45) is 11.7. The van der Waals surface area contributed by atoms with E-state index in [1.54, 1.807) is 28.8 Å². The first-order valence-corrected chi connectivity index (χ1v) is 15.3. The van der Waals surface area contributed by atoms with E-state index in [9.17, 15) is 14.4 Å². The molecule has 3 saturated heterocycles. The highest BCUT2D eigenvalue weighted by Gasteiger charge is 2.77. The first-order chi connectivity index (χ1) is 18.2. The van der Waals surface area contributed by atoms with Crippen LogP contribution in [0.15, 0.2) is 25.3 Å². The van der Waals surface area contributed by atoms with Crippen LogP contribution in [-0.4, -0.2) is 80.6 Å². The van der Waals surface area contributed by atoms with Crippen LogP contribution in [0.3, 0.4) is 0 Å². The normalized spacial score (nSPS) is 30.3. The summed E-state index contributed by atoms with van der Waals surface area (Å²) >= 11 is 1.70. The fraction of sp³-hybridized carbons (Fsp3) is 0.767. The predicted octanol–water partition coefficient (Wildman–Crippen LogP) is 4.73. The van der Waals surface area contributed by atoms with Crippen LogP contribution in [0.25, 0.3) is 0 Å². The van der Waals surface area contributed by atoms with Crippen molar-refractivity contribution < 1.29 is 24.2 Å². The van der Waals surface area contributed by atoms with Crippen LogP contribution in [0.4, 0.5) is 0 Å². The molecule has 214 valence electrons. The zero-order chi connectivity index (χ0) is 27.9. The van der Waals surface area contributed by atoms with Crippen LogP contribution in [0.1, 0.15) is 85.0 Å². The summed E-state index contributed by atoms with van der Waals surface area (Å²) in [5, 5.41) is 9.14. The lowest BCUT2D eigenvalue weighted by Gasteiger charge is -2.39. The highest BCUT2D eigenvalue weighted by molar-refractivity contribution is 8.02. The van der Waals surface area contributed by atoms with Crippen molar-refractivity contribution in [3.05, 3.63) is 25.3 Å². The number of carbonyl (C=O) groups excluding carboxylic acids is 3. The van der Waals surface area contributed by atoms with Gasteiger partial charge in [-0.15, -0.1) is 24.9 Å². The summed E-state index contributed by atoms with van der Waals surface area (Å²) < 4.78 is 4.67. The van der Waals surface area contributed by atoms with Gasteiger partial charge in [0.15, 0.2) is 0 Å².